The van der Waals surface area contributed by atoms with Crippen LogP contribution in [0.15, 0.2) is 54.6 Å². The average molecular weight is 396 g/mol. The largest absolute Gasteiger partial charge is 0.392 e. The summed E-state index contributed by atoms with van der Waals surface area (Å²) in [7, 11) is 1.85. The van der Waals surface area contributed by atoms with Gasteiger partial charge >= 0.3 is 0 Å². The Morgan fingerprint density at radius 2 is 1.86 bits per heavy atom. The summed E-state index contributed by atoms with van der Waals surface area (Å²) in [5, 5.41) is 12.6. The van der Waals surface area contributed by atoms with E-state index in [1.54, 1.807) is 0 Å². The minimum Gasteiger partial charge on any atom is -0.392 e. The second-order valence-corrected chi connectivity index (χ2v) is 7.69. The molecule has 2 amide bonds. The maximum Gasteiger partial charge on any atom is 0.227 e. The van der Waals surface area contributed by atoms with Crippen molar-refractivity contribution >= 4 is 17.5 Å². The van der Waals surface area contributed by atoms with Gasteiger partial charge in [-0.05, 0) is 29.7 Å². The van der Waals surface area contributed by atoms with E-state index in [4.69, 9.17) is 0 Å². The Morgan fingerprint density at radius 3 is 2.45 bits per heavy atom. The number of hydrogen-bond acceptors (Lipinski definition) is 4. The van der Waals surface area contributed by atoms with Crippen LogP contribution in [0, 0.1) is 0 Å². The molecule has 0 radical (unpaired) electrons. The molecule has 0 aromatic heterocycles. The zero-order valence-corrected chi connectivity index (χ0v) is 17.0. The Labute approximate surface area is 172 Å². The zero-order valence-electron chi connectivity index (χ0n) is 17.0. The summed E-state index contributed by atoms with van der Waals surface area (Å²) in [5.74, 6) is -0.0860. The van der Waals surface area contributed by atoms with Crippen molar-refractivity contribution in [1.29, 1.82) is 0 Å². The van der Waals surface area contributed by atoms with Crippen molar-refractivity contribution in [3.8, 4) is 0 Å². The molecule has 1 unspecified atom stereocenters. The maximum atomic E-state index is 13.0. The van der Waals surface area contributed by atoms with Gasteiger partial charge in [0, 0.05) is 39.3 Å². The van der Waals surface area contributed by atoms with Crippen LogP contribution in [0.4, 0.5) is 5.69 Å². The number of anilines is 1. The van der Waals surface area contributed by atoms with E-state index >= 15 is 0 Å². The zero-order chi connectivity index (χ0) is 20.8. The molecule has 2 aromatic carbocycles. The van der Waals surface area contributed by atoms with Crippen molar-refractivity contribution in [3.63, 3.8) is 0 Å². The predicted octanol–water partition coefficient (Wildman–Crippen LogP) is 2.45. The van der Waals surface area contributed by atoms with Crippen LogP contribution in [-0.2, 0) is 16.0 Å². The molecule has 1 heterocycles. The van der Waals surface area contributed by atoms with Crippen LogP contribution in [0.3, 0.4) is 0 Å². The van der Waals surface area contributed by atoms with Crippen molar-refractivity contribution in [1.82, 2.24) is 9.80 Å². The van der Waals surface area contributed by atoms with Gasteiger partial charge in [-0.2, -0.15) is 0 Å². The van der Waals surface area contributed by atoms with Gasteiger partial charge in [0.05, 0.1) is 18.6 Å². The second kappa shape index (κ2) is 9.67. The fraction of sp³-hybridized carbons (Fsp3) is 0.391. The topological polar surface area (TPSA) is 72.9 Å². The molecule has 1 aliphatic rings. The number of carbonyl (C=O) groups is 2. The quantitative estimate of drug-likeness (QED) is 0.755. The molecule has 1 saturated heterocycles. The normalized spacial score (nSPS) is 17.7. The van der Waals surface area contributed by atoms with Gasteiger partial charge < -0.3 is 15.3 Å². The highest BCUT2D eigenvalue weighted by atomic mass is 16.3. The van der Waals surface area contributed by atoms with Crippen molar-refractivity contribution in [3.05, 3.63) is 65.7 Å². The van der Waals surface area contributed by atoms with Gasteiger partial charge in [-0.3, -0.25) is 14.5 Å². The predicted molar refractivity (Wildman–Crippen MR) is 113 cm³/mol. The van der Waals surface area contributed by atoms with E-state index in [1.807, 2.05) is 66.5 Å². The number of aliphatic hydroxyl groups excluding tert-OH is 1. The molecule has 0 saturated carbocycles. The Morgan fingerprint density at radius 1 is 1.17 bits per heavy atom. The van der Waals surface area contributed by atoms with Crippen molar-refractivity contribution in [2.24, 2.45) is 0 Å². The molecule has 2 atom stereocenters. The van der Waals surface area contributed by atoms with Gasteiger partial charge in [-0.25, -0.2) is 0 Å². The molecule has 0 aliphatic carbocycles. The van der Waals surface area contributed by atoms with Crippen LogP contribution < -0.4 is 5.32 Å². The molecule has 6 heteroatoms. The maximum absolute atomic E-state index is 13.0. The first-order chi connectivity index (χ1) is 13.9. The van der Waals surface area contributed by atoms with Gasteiger partial charge in [0.2, 0.25) is 11.8 Å². The number of amides is 2. The van der Waals surface area contributed by atoms with Gasteiger partial charge in [-0.1, -0.05) is 42.5 Å². The van der Waals surface area contributed by atoms with Crippen LogP contribution in [0.1, 0.15) is 30.5 Å². The highest BCUT2D eigenvalue weighted by Gasteiger charge is 2.28. The minimum atomic E-state index is -0.283. The lowest BCUT2D eigenvalue weighted by Crippen LogP contribution is -2.39. The number of rotatable bonds is 7. The van der Waals surface area contributed by atoms with E-state index in [9.17, 15) is 14.7 Å². The van der Waals surface area contributed by atoms with Gasteiger partial charge in [-0.15, -0.1) is 0 Å². The summed E-state index contributed by atoms with van der Waals surface area (Å²) in [6.07, 6.45) is 0.789. The molecule has 2 aromatic rings. The molecule has 2 N–H and O–H groups in total. The van der Waals surface area contributed by atoms with Gasteiger partial charge in [0.25, 0.3) is 0 Å². The molecular formula is C23H29N3O3. The van der Waals surface area contributed by atoms with Crippen molar-refractivity contribution in [2.75, 3.05) is 32.0 Å². The van der Waals surface area contributed by atoms with Crippen LogP contribution in [0.5, 0.6) is 0 Å². The standard InChI is InChI=1S/C23H29N3O3/c1-17(27)24-20-10-8-18(9-11-20)14-23(29)25(2)22(19-6-4-3-5-7-19)16-26-13-12-21(28)15-26/h3-11,21-22,28H,12-16H2,1-2H3,(H,24,27)/t21-,22?/m0/s1. The third-order valence-electron chi connectivity index (χ3n) is 5.35. The molecule has 6 nitrogen and oxygen atoms in total. The number of likely N-dealkylation sites (N-methyl/N-ethyl adjacent to an activating group) is 1. The Hall–Kier alpha value is -2.70. The fourth-order valence-corrected chi connectivity index (χ4v) is 3.73. The van der Waals surface area contributed by atoms with Gasteiger partial charge in [0.1, 0.15) is 0 Å². The van der Waals surface area contributed by atoms with E-state index in [-0.39, 0.29) is 24.0 Å². The SMILES string of the molecule is CC(=O)Nc1ccc(CC(=O)N(C)C(CN2CC[C@H](O)C2)c2ccccc2)cc1. The smallest absolute Gasteiger partial charge is 0.227 e. The van der Waals surface area contributed by atoms with Crippen LogP contribution in [0.25, 0.3) is 0 Å². The summed E-state index contributed by atoms with van der Waals surface area (Å²) in [6.45, 7) is 3.66. The summed E-state index contributed by atoms with van der Waals surface area (Å²) in [6, 6.07) is 17.3. The summed E-state index contributed by atoms with van der Waals surface area (Å²) < 4.78 is 0. The number of nitrogens with one attached hydrogen (secondary N) is 1. The molecule has 154 valence electrons. The molecular weight excluding hydrogens is 366 g/mol. The van der Waals surface area contributed by atoms with Gasteiger partial charge in [0.15, 0.2) is 0 Å². The number of aliphatic hydroxyl groups is 1. The van der Waals surface area contributed by atoms with E-state index in [0.717, 1.165) is 29.8 Å². The monoisotopic (exact) mass is 395 g/mol. The second-order valence-electron chi connectivity index (χ2n) is 7.69. The third-order valence-corrected chi connectivity index (χ3v) is 5.35. The van der Waals surface area contributed by atoms with E-state index in [0.29, 0.717) is 19.5 Å². The van der Waals surface area contributed by atoms with E-state index in [2.05, 4.69) is 10.2 Å². The number of hydrogen-bond donors (Lipinski definition) is 2. The Bertz CT molecular complexity index is 823. The molecule has 1 fully saturated rings. The Kier molecular flexibility index (Phi) is 7.01. The van der Waals surface area contributed by atoms with Crippen LogP contribution in [0.2, 0.25) is 0 Å². The summed E-state index contributed by atoms with van der Waals surface area (Å²) in [4.78, 5) is 28.2. The average Bonchev–Trinajstić information content (AvgIpc) is 3.12. The third kappa shape index (κ3) is 5.89. The number of benzene rings is 2. The van der Waals surface area contributed by atoms with Crippen LogP contribution >= 0.6 is 0 Å². The first-order valence-electron chi connectivity index (χ1n) is 10.00. The minimum absolute atomic E-state index is 0.0332. The fourth-order valence-electron chi connectivity index (χ4n) is 3.73. The highest BCUT2D eigenvalue weighted by Crippen LogP contribution is 2.24. The van der Waals surface area contributed by atoms with Crippen molar-refractivity contribution < 1.29 is 14.7 Å². The van der Waals surface area contributed by atoms with Crippen molar-refractivity contribution in [2.45, 2.75) is 31.9 Å². The van der Waals surface area contributed by atoms with Crippen LogP contribution in [-0.4, -0.2) is 59.5 Å². The van der Waals surface area contributed by atoms with E-state index in [1.165, 1.54) is 6.92 Å². The first-order valence-corrected chi connectivity index (χ1v) is 10.00. The number of nitrogens with zero attached hydrogens (tertiary/aromatic N) is 2. The molecule has 3 rings (SSSR count). The lowest BCUT2D eigenvalue weighted by atomic mass is 10.0. The number of likely N-dealkylation sites (tertiary alicyclic amines) is 1. The highest BCUT2D eigenvalue weighted by molar-refractivity contribution is 5.88. The molecule has 0 bridgehead atoms. The summed E-state index contributed by atoms with van der Waals surface area (Å²) >= 11 is 0. The summed E-state index contributed by atoms with van der Waals surface area (Å²) in [5.41, 5.74) is 2.71. The number of β-amino-alcohol motifs (C(OH)–C–C–N with tert-alkyl or cyclic N) is 1. The Balaban J connectivity index is 1.70. The molecule has 0 spiro atoms. The number of carbonyl (C=O) groups excluding carboxylic acids is 2. The molecule has 29 heavy (non-hydrogen) atoms. The lowest BCUT2D eigenvalue weighted by Gasteiger charge is -2.32. The van der Waals surface area contributed by atoms with E-state index < -0.39 is 0 Å². The lowest BCUT2D eigenvalue weighted by molar-refractivity contribution is -0.131. The molecule has 1 aliphatic heterocycles. The first kappa shape index (κ1) is 21.0.